The number of nitrogens with one attached hydrogen (secondary N) is 1. The number of aromatic nitrogens is 1. The summed E-state index contributed by atoms with van der Waals surface area (Å²) in [6.45, 7) is 4.07. The summed E-state index contributed by atoms with van der Waals surface area (Å²) >= 11 is 0. The molecule has 4 heteroatoms. The Morgan fingerprint density at radius 3 is 2.22 bits per heavy atom. The summed E-state index contributed by atoms with van der Waals surface area (Å²) < 4.78 is 0. The van der Waals surface area contributed by atoms with Gasteiger partial charge in [-0.05, 0) is 41.2 Å². The number of rotatable bonds is 6. The van der Waals surface area contributed by atoms with Crippen LogP contribution < -0.4 is 5.43 Å². The summed E-state index contributed by atoms with van der Waals surface area (Å²) in [4.78, 5) is 16.4. The average Bonchev–Trinajstić information content (AvgIpc) is 2.75. The van der Waals surface area contributed by atoms with Gasteiger partial charge in [0.15, 0.2) is 0 Å². The smallest absolute Gasteiger partial charge is 0.266 e. The average molecular weight is 357 g/mol. The van der Waals surface area contributed by atoms with Gasteiger partial charge in [-0.15, -0.1) is 0 Å². The summed E-state index contributed by atoms with van der Waals surface area (Å²) in [5, 5.41) is 4.31. The topological polar surface area (TPSA) is 54.4 Å². The van der Waals surface area contributed by atoms with E-state index in [-0.39, 0.29) is 5.91 Å². The number of carbonyl (C=O) groups is 1. The number of pyridine rings is 1. The third kappa shape index (κ3) is 4.67. The van der Waals surface area contributed by atoms with Crippen molar-refractivity contribution in [2.24, 2.45) is 5.10 Å². The van der Waals surface area contributed by atoms with Crippen molar-refractivity contribution in [1.29, 1.82) is 0 Å². The first-order chi connectivity index (χ1) is 13.2. The molecule has 1 heterocycles. The normalized spacial score (nSPS) is 11.3. The summed E-state index contributed by atoms with van der Waals surface area (Å²) in [6, 6.07) is 22.1. The minimum atomic E-state index is -0.301. The predicted octanol–water partition coefficient (Wildman–Crippen LogP) is 4.86. The second kappa shape index (κ2) is 8.90. The lowest BCUT2D eigenvalue weighted by Gasteiger charge is -2.07. The molecule has 0 spiro atoms. The molecule has 0 bridgehead atoms. The highest BCUT2D eigenvalue weighted by Gasteiger charge is 2.08. The van der Waals surface area contributed by atoms with Crippen molar-refractivity contribution in [2.75, 3.05) is 0 Å². The minimum Gasteiger partial charge on any atom is -0.266 e. The van der Waals surface area contributed by atoms with Crippen LogP contribution in [-0.2, 0) is 6.42 Å². The molecule has 0 unspecified atom stereocenters. The summed E-state index contributed by atoms with van der Waals surface area (Å²) in [7, 11) is 0. The number of carbonyl (C=O) groups excluding carboxylic acids is 1. The number of nitrogens with zero attached hydrogens (tertiary/aromatic N) is 2. The highest BCUT2D eigenvalue weighted by molar-refractivity contribution is 6.02. The fraction of sp³-hybridized carbons (Fsp3) is 0.174. The molecular formula is C23H23N3O. The van der Waals surface area contributed by atoms with E-state index < -0.39 is 0 Å². The van der Waals surface area contributed by atoms with Crippen molar-refractivity contribution in [2.45, 2.75) is 26.7 Å². The van der Waals surface area contributed by atoms with E-state index in [0.29, 0.717) is 12.1 Å². The van der Waals surface area contributed by atoms with Crippen molar-refractivity contribution >= 4 is 11.6 Å². The van der Waals surface area contributed by atoms with E-state index >= 15 is 0 Å². The van der Waals surface area contributed by atoms with Crippen LogP contribution >= 0.6 is 0 Å². The first-order valence-corrected chi connectivity index (χ1v) is 9.19. The molecule has 0 saturated carbocycles. The molecule has 0 aliphatic carbocycles. The van der Waals surface area contributed by atoms with E-state index in [9.17, 15) is 4.79 Å². The van der Waals surface area contributed by atoms with Crippen LogP contribution in [0.15, 0.2) is 78.0 Å². The Morgan fingerprint density at radius 1 is 0.926 bits per heavy atom. The van der Waals surface area contributed by atoms with Crippen molar-refractivity contribution < 1.29 is 4.79 Å². The van der Waals surface area contributed by atoms with Crippen LogP contribution in [0.3, 0.4) is 0 Å². The molecule has 0 saturated heterocycles. The summed E-state index contributed by atoms with van der Waals surface area (Å²) in [5.74, 6) is -0.301. The highest BCUT2D eigenvalue weighted by Crippen LogP contribution is 2.19. The minimum absolute atomic E-state index is 0.301. The lowest BCUT2D eigenvalue weighted by atomic mass is 10.0. The fourth-order valence-corrected chi connectivity index (χ4v) is 2.78. The van der Waals surface area contributed by atoms with Crippen LogP contribution in [0.1, 0.15) is 41.9 Å². The zero-order valence-corrected chi connectivity index (χ0v) is 15.6. The molecule has 136 valence electrons. The SMILES string of the molecule is CC/C(=N/NC(=O)c1ccc(CC)cn1)c1ccc(-c2ccccc2)cc1. The maximum Gasteiger partial charge on any atom is 0.289 e. The Hall–Kier alpha value is -3.27. The van der Waals surface area contributed by atoms with E-state index in [1.165, 1.54) is 5.56 Å². The molecule has 0 radical (unpaired) electrons. The largest absolute Gasteiger partial charge is 0.289 e. The molecule has 0 fully saturated rings. The Morgan fingerprint density at radius 2 is 1.63 bits per heavy atom. The first kappa shape index (κ1) is 18.5. The van der Waals surface area contributed by atoms with Crippen LogP contribution in [0.4, 0.5) is 0 Å². The molecular weight excluding hydrogens is 334 g/mol. The van der Waals surface area contributed by atoms with Gasteiger partial charge in [0.25, 0.3) is 5.91 Å². The van der Waals surface area contributed by atoms with E-state index in [0.717, 1.165) is 28.8 Å². The predicted molar refractivity (Wildman–Crippen MR) is 110 cm³/mol. The van der Waals surface area contributed by atoms with Crippen LogP contribution in [-0.4, -0.2) is 16.6 Å². The van der Waals surface area contributed by atoms with Crippen LogP contribution in [0.2, 0.25) is 0 Å². The van der Waals surface area contributed by atoms with Gasteiger partial charge < -0.3 is 0 Å². The van der Waals surface area contributed by atoms with Gasteiger partial charge in [0, 0.05) is 6.20 Å². The zero-order valence-electron chi connectivity index (χ0n) is 15.6. The van der Waals surface area contributed by atoms with E-state index in [2.05, 4.69) is 46.7 Å². The third-order valence-electron chi connectivity index (χ3n) is 4.42. The second-order valence-corrected chi connectivity index (χ2v) is 6.20. The lowest BCUT2D eigenvalue weighted by Crippen LogP contribution is -2.21. The van der Waals surface area contributed by atoms with Crippen LogP contribution in [0.25, 0.3) is 11.1 Å². The number of amides is 1. The van der Waals surface area contributed by atoms with E-state index in [1.54, 1.807) is 12.3 Å². The molecule has 1 N–H and O–H groups in total. The number of hydrazone groups is 1. The highest BCUT2D eigenvalue weighted by atomic mass is 16.2. The molecule has 0 aliphatic rings. The van der Waals surface area contributed by atoms with Gasteiger partial charge in [0.1, 0.15) is 5.69 Å². The number of hydrogen-bond donors (Lipinski definition) is 1. The molecule has 1 amide bonds. The van der Waals surface area contributed by atoms with Gasteiger partial charge >= 0.3 is 0 Å². The standard InChI is InChI=1S/C23H23N3O/c1-3-17-10-15-22(24-16-17)23(27)26-25-21(4-2)20-13-11-19(12-14-20)18-8-6-5-7-9-18/h5-16H,3-4H2,1-2H3,(H,26,27)/b25-21-. The summed E-state index contributed by atoms with van der Waals surface area (Å²) in [6.07, 6.45) is 3.33. The molecule has 4 nitrogen and oxygen atoms in total. The molecule has 2 aromatic carbocycles. The zero-order chi connectivity index (χ0) is 19.1. The molecule has 1 aromatic heterocycles. The number of benzene rings is 2. The maximum absolute atomic E-state index is 12.3. The molecule has 3 aromatic rings. The fourth-order valence-electron chi connectivity index (χ4n) is 2.78. The summed E-state index contributed by atoms with van der Waals surface area (Å²) in [5.41, 5.74) is 8.23. The molecule has 27 heavy (non-hydrogen) atoms. The van der Waals surface area contributed by atoms with E-state index in [4.69, 9.17) is 0 Å². The van der Waals surface area contributed by atoms with Gasteiger partial charge in [-0.25, -0.2) is 5.43 Å². The van der Waals surface area contributed by atoms with E-state index in [1.807, 2.05) is 43.3 Å². The Labute approximate surface area is 160 Å². The van der Waals surface area contributed by atoms with Gasteiger partial charge in [-0.2, -0.15) is 5.10 Å². The Bertz CT molecular complexity index is 914. The monoisotopic (exact) mass is 357 g/mol. The van der Waals surface area contributed by atoms with Crippen LogP contribution in [0, 0.1) is 0 Å². The third-order valence-corrected chi connectivity index (χ3v) is 4.42. The molecule has 0 atom stereocenters. The van der Waals surface area contributed by atoms with Crippen molar-refractivity contribution in [1.82, 2.24) is 10.4 Å². The maximum atomic E-state index is 12.3. The van der Waals surface area contributed by atoms with Crippen molar-refractivity contribution in [3.05, 3.63) is 89.7 Å². The molecule has 0 aliphatic heterocycles. The number of aryl methyl sites for hydroxylation is 1. The van der Waals surface area contributed by atoms with Crippen molar-refractivity contribution in [3.63, 3.8) is 0 Å². The van der Waals surface area contributed by atoms with Gasteiger partial charge in [-0.1, -0.05) is 74.5 Å². The second-order valence-electron chi connectivity index (χ2n) is 6.20. The number of hydrogen-bond acceptors (Lipinski definition) is 3. The molecule has 3 rings (SSSR count). The Balaban J connectivity index is 1.72. The lowest BCUT2D eigenvalue weighted by molar-refractivity contribution is 0.0950. The first-order valence-electron chi connectivity index (χ1n) is 9.19. The quantitative estimate of drug-likeness (QED) is 0.506. The van der Waals surface area contributed by atoms with Gasteiger partial charge in [0.05, 0.1) is 5.71 Å². The van der Waals surface area contributed by atoms with Crippen molar-refractivity contribution in [3.8, 4) is 11.1 Å². The van der Waals surface area contributed by atoms with Gasteiger partial charge in [0.2, 0.25) is 0 Å². The van der Waals surface area contributed by atoms with Gasteiger partial charge in [-0.3, -0.25) is 9.78 Å². The van der Waals surface area contributed by atoms with Crippen LogP contribution in [0.5, 0.6) is 0 Å². The Kier molecular flexibility index (Phi) is 6.10.